The molecule has 136 valence electrons. The lowest BCUT2D eigenvalue weighted by Gasteiger charge is -2.46. The van der Waals surface area contributed by atoms with Crippen LogP contribution in [0.5, 0.6) is 0 Å². The van der Waals surface area contributed by atoms with Crippen LogP contribution in [-0.4, -0.2) is 61.2 Å². The van der Waals surface area contributed by atoms with E-state index in [1.807, 2.05) is 35.2 Å². The number of fused-ring (bicyclic) bond motifs is 3. The molecular weight excluding hydrogens is 314 g/mol. The van der Waals surface area contributed by atoms with Gasteiger partial charge in [-0.3, -0.25) is 4.90 Å². The second-order valence-corrected chi connectivity index (χ2v) is 7.77. The Balaban J connectivity index is 1.19. The van der Waals surface area contributed by atoms with Gasteiger partial charge in [0.15, 0.2) is 0 Å². The first kappa shape index (κ1) is 16.9. The molecule has 0 spiro atoms. The summed E-state index contributed by atoms with van der Waals surface area (Å²) < 4.78 is 5.45. The molecule has 5 rings (SSSR count). The van der Waals surface area contributed by atoms with Crippen molar-refractivity contribution in [2.45, 2.75) is 31.9 Å². The number of amides is 1. The van der Waals surface area contributed by atoms with Gasteiger partial charge in [0, 0.05) is 38.8 Å². The van der Waals surface area contributed by atoms with Gasteiger partial charge in [-0.1, -0.05) is 30.3 Å². The fourth-order valence-corrected chi connectivity index (χ4v) is 4.58. The van der Waals surface area contributed by atoms with E-state index in [-0.39, 0.29) is 6.09 Å². The van der Waals surface area contributed by atoms with Crippen molar-refractivity contribution in [1.29, 1.82) is 0 Å². The molecule has 3 heterocycles. The van der Waals surface area contributed by atoms with Crippen molar-refractivity contribution in [3.63, 3.8) is 0 Å². The van der Waals surface area contributed by atoms with E-state index in [1.54, 1.807) is 0 Å². The first-order chi connectivity index (χ1) is 12.3. The van der Waals surface area contributed by atoms with Gasteiger partial charge in [-0.25, -0.2) is 4.79 Å². The molecule has 5 nitrogen and oxygen atoms in total. The number of piperazine rings is 1. The Morgan fingerprint density at radius 3 is 2.56 bits per heavy atom. The largest absolute Gasteiger partial charge is 0.445 e. The maximum absolute atomic E-state index is 12.2. The Morgan fingerprint density at radius 1 is 1.12 bits per heavy atom. The predicted molar refractivity (Wildman–Crippen MR) is 97.3 cm³/mol. The smallest absolute Gasteiger partial charge is 0.410 e. The number of rotatable bonds is 4. The molecule has 0 radical (unpaired) electrons. The molecule has 5 heteroatoms. The van der Waals surface area contributed by atoms with Crippen LogP contribution in [0.3, 0.4) is 0 Å². The monoisotopic (exact) mass is 343 g/mol. The van der Waals surface area contributed by atoms with Crippen molar-refractivity contribution in [3.05, 3.63) is 35.9 Å². The number of carbonyl (C=O) groups is 1. The highest BCUT2D eigenvalue weighted by Gasteiger charge is 2.36. The lowest BCUT2D eigenvalue weighted by Crippen LogP contribution is -2.54. The third-order valence-corrected chi connectivity index (χ3v) is 6.14. The van der Waals surface area contributed by atoms with Gasteiger partial charge in [0.05, 0.1) is 0 Å². The van der Waals surface area contributed by atoms with Crippen LogP contribution in [0.1, 0.15) is 24.8 Å². The molecule has 1 saturated carbocycles. The third-order valence-electron chi connectivity index (χ3n) is 6.14. The maximum atomic E-state index is 12.2. The lowest BCUT2D eigenvalue weighted by atomic mass is 9.73. The van der Waals surface area contributed by atoms with Crippen LogP contribution in [0.25, 0.3) is 0 Å². The second kappa shape index (κ2) is 7.75. The summed E-state index contributed by atoms with van der Waals surface area (Å²) in [5.41, 5.74) is 1.04. The standard InChI is InChI=1S/C20H29N3O2/c24-20(25-15-16-4-2-1-3-5-16)23-10-8-22(9-11-23)14-18-12-19-7-6-17(18)13-21-19/h1-5,17-19,21H,6-15H2/t17-,18-,19-/m1/s1. The van der Waals surface area contributed by atoms with E-state index < -0.39 is 0 Å². The van der Waals surface area contributed by atoms with Gasteiger partial charge < -0.3 is 15.0 Å². The lowest BCUT2D eigenvalue weighted by molar-refractivity contribution is 0.0492. The van der Waals surface area contributed by atoms with E-state index in [0.29, 0.717) is 6.61 Å². The van der Waals surface area contributed by atoms with Gasteiger partial charge in [-0.2, -0.15) is 0 Å². The molecule has 1 N–H and O–H groups in total. The Kier molecular flexibility index (Phi) is 5.22. The Bertz CT molecular complexity index is 564. The highest BCUT2D eigenvalue weighted by atomic mass is 16.6. The maximum Gasteiger partial charge on any atom is 0.410 e. The van der Waals surface area contributed by atoms with Gasteiger partial charge >= 0.3 is 6.09 Å². The van der Waals surface area contributed by atoms with Crippen molar-refractivity contribution in [2.75, 3.05) is 39.3 Å². The molecule has 4 aliphatic rings. The van der Waals surface area contributed by atoms with Crippen molar-refractivity contribution < 1.29 is 9.53 Å². The Labute approximate surface area is 150 Å². The van der Waals surface area contributed by atoms with Crippen LogP contribution in [-0.2, 0) is 11.3 Å². The van der Waals surface area contributed by atoms with Crippen molar-refractivity contribution in [1.82, 2.24) is 15.1 Å². The van der Waals surface area contributed by atoms with Gasteiger partial charge in [0.25, 0.3) is 0 Å². The van der Waals surface area contributed by atoms with Crippen LogP contribution < -0.4 is 5.32 Å². The molecule has 0 unspecified atom stereocenters. The van der Waals surface area contributed by atoms with Gasteiger partial charge in [0.1, 0.15) is 6.61 Å². The molecule has 1 amide bonds. The molecule has 1 aliphatic carbocycles. The van der Waals surface area contributed by atoms with Crippen LogP contribution in [0.2, 0.25) is 0 Å². The molecule has 1 aromatic carbocycles. The summed E-state index contributed by atoms with van der Waals surface area (Å²) in [6, 6.07) is 10.6. The van der Waals surface area contributed by atoms with Crippen molar-refractivity contribution >= 4 is 6.09 Å². The zero-order valence-electron chi connectivity index (χ0n) is 14.9. The fourth-order valence-electron chi connectivity index (χ4n) is 4.58. The van der Waals surface area contributed by atoms with Crippen LogP contribution in [0.15, 0.2) is 30.3 Å². The normalized spacial score (nSPS) is 29.6. The van der Waals surface area contributed by atoms with E-state index in [0.717, 1.165) is 49.6 Å². The Hall–Kier alpha value is -1.59. The summed E-state index contributed by atoms with van der Waals surface area (Å²) >= 11 is 0. The number of hydrogen-bond donors (Lipinski definition) is 1. The van der Waals surface area contributed by atoms with E-state index in [2.05, 4.69) is 10.2 Å². The number of carbonyl (C=O) groups excluding carboxylic acids is 1. The summed E-state index contributed by atoms with van der Waals surface area (Å²) in [7, 11) is 0. The topological polar surface area (TPSA) is 44.8 Å². The molecule has 2 bridgehead atoms. The Morgan fingerprint density at radius 2 is 1.92 bits per heavy atom. The SMILES string of the molecule is O=C(OCc1ccccc1)N1CCN(C[C@H]2C[C@H]3CC[C@@H]2CN3)CC1. The summed E-state index contributed by atoms with van der Waals surface area (Å²) in [5.74, 6) is 1.70. The molecule has 25 heavy (non-hydrogen) atoms. The molecular formula is C20H29N3O2. The van der Waals surface area contributed by atoms with E-state index in [1.165, 1.54) is 32.4 Å². The molecule has 3 aliphatic heterocycles. The van der Waals surface area contributed by atoms with Gasteiger partial charge in [0.2, 0.25) is 0 Å². The number of benzene rings is 1. The minimum Gasteiger partial charge on any atom is -0.445 e. The van der Waals surface area contributed by atoms with E-state index >= 15 is 0 Å². The van der Waals surface area contributed by atoms with Crippen LogP contribution in [0, 0.1) is 11.8 Å². The predicted octanol–water partition coefficient (Wildman–Crippen LogP) is 2.33. The number of nitrogens with one attached hydrogen (secondary N) is 1. The van der Waals surface area contributed by atoms with Crippen LogP contribution in [0.4, 0.5) is 4.79 Å². The van der Waals surface area contributed by atoms with Crippen molar-refractivity contribution in [3.8, 4) is 0 Å². The number of ether oxygens (including phenoxy) is 1. The number of piperidine rings is 2. The van der Waals surface area contributed by atoms with Crippen molar-refractivity contribution in [2.24, 2.45) is 11.8 Å². The van der Waals surface area contributed by atoms with E-state index in [9.17, 15) is 4.79 Å². The highest BCUT2D eigenvalue weighted by molar-refractivity contribution is 5.67. The summed E-state index contributed by atoms with van der Waals surface area (Å²) in [6.45, 7) is 6.29. The third kappa shape index (κ3) is 4.15. The molecule has 1 aromatic rings. The van der Waals surface area contributed by atoms with Gasteiger partial charge in [-0.15, -0.1) is 0 Å². The van der Waals surface area contributed by atoms with E-state index in [4.69, 9.17) is 4.74 Å². The summed E-state index contributed by atoms with van der Waals surface area (Å²) in [4.78, 5) is 16.7. The van der Waals surface area contributed by atoms with Crippen LogP contribution >= 0.6 is 0 Å². The summed E-state index contributed by atoms with van der Waals surface area (Å²) in [6.07, 6.45) is 3.92. The quantitative estimate of drug-likeness (QED) is 0.911. The zero-order chi connectivity index (χ0) is 17.1. The minimum absolute atomic E-state index is 0.176. The molecule has 0 aromatic heterocycles. The molecule has 3 saturated heterocycles. The zero-order valence-corrected chi connectivity index (χ0v) is 14.9. The summed E-state index contributed by atoms with van der Waals surface area (Å²) in [5, 5.41) is 3.65. The average Bonchev–Trinajstić information content (AvgIpc) is 2.68. The second-order valence-electron chi connectivity index (χ2n) is 7.77. The first-order valence-electron chi connectivity index (χ1n) is 9.69. The average molecular weight is 343 g/mol. The highest BCUT2D eigenvalue weighted by Crippen LogP contribution is 2.34. The molecule has 3 atom stereocenters. The molecule has 4 fully saturated rings. The number of nitrogens with zero attached hydrogens (tertiary/aromatic N) is 2. The first-order valence-corrected chi connectivity index (χ1v) is 9.69. The fraction of sp³-hybridized carbons (Fsp3) is 0.650. The van der Waals surface area contributed by atoms with Gasteiger partial charge in [-0.05, 0) is 43.2 Å². The minimum atomic E-state index is -0.176. The number of hydrogen-bond acceptors (Lipinski definition) is 4.